The van der Waals surface area contributed by atoms with Gasteiger partial charge in [-0.25, -0.2) is 0 Å². The molecule has 1 saturated carbocycles. The van der Waals surface area contributed by atoms with Crippen molar-refractivity contribution >= 4 is 10.8 Å². The monoisotopic (exact) mass is 254 g/mol. The maximum Gasteiger partial charge on any atom is 0.0347 e. The fourth-order valence-electron chi connectivity index (χ4n) is 3.23. The Labute approximate surface area is 115 Å². The van der Waals surface area contributed by atoms with Crippen LogP contribution in [0.3, 0.4) is 0 Å². The van der Waals surface area contributed by atoms with Crippen LogP contribution in [0.1, 0.15) is 30.0 Å². The predicted molar refractivity (Wildman–Crippen MR) is 81.2 cm³/mol. The highest BCUT2D eigenvalue weighted by Gasteiger charge is 2.32. The molecule has 0 spiro atoms. The molecular formula is C17H22N2. The van der Waals surface area contributed by atoms with Crippen molar-refractivity contribution in [2.24, 2.45) is 11.7 Å². The van der Waals surface area contributed by atoms with E-state index in [0.717, 1.165) is 12.8 Å². The van der Waals surface area contributed by atoms with Crippen LogP contribution in [0.15, 0.2) is 36.4 Å². The fraction of sp³-hybridized carbons (Fsp3) is 0.412. The molecule has 19 heavy (non-hydrogen) atoms. The minimum absolute atomic E-state index is 0.406. The highest BCUT2D eigenvalue weighted by atomic mass is 14.9. The number of hydrogen-bond donors (Lipinski definition) is 2. The SMILES string of the molecule is CNC(c1ccc2cc(C)ccc2c1)C1CC(N)C1. The molecule has 2 aromatic carbocycles. The van der Waals surface area contributed by atoms with Crippen molar-refractivity contribution < 1.29 is 0 Å². The van der Waals surface area contributed by atoms with Gasteiger partial charge in [0.25, 0.3) is 0 Å². The summed E-state index contributed by atoms with van der Waals surface area (Å²) >= 11 is 0. The summed E-state index contributed by atoms with van der Waals surface area (Å²) in [5, 5.41) is 6.11. The standard InChI is InChI=1S/C17H22N2/c1-11-3-4-13-8-14(6-5-12(13)7-11)17(19-2)15-9-16(18)10-15/h3-8,15-17,19H,9-10,18H2,1-2H3. The van der Waals surface area contributed by atoms with Crippen molar-refractivity contribution in [2.75, 3.05) is 7.05 Å². The zero-order valence-corrected chi connectivity index (χ0v) is 11.7. The molecule has 0 bridgehead atoms. The summed E-state index contributed by atoms with van der Waals surface area (Å²) in [6, 6.07) is 14.3. The van der Waals surface area contributed by atoms with Crippen LogP contribution in [0.2, 0.25) is 0 Å². The Balaban J connectivity index is 1.93. The first-order valence-corrected chi connectivity index (χ1v) is 7.10. The summed E-state index contributed by atoms with van der Waals surface area (Å²) in [4.78, 5) is 0. The van der Waals surface area contributed by atoms with Crippen molar-refractivity contribution in [1.82, 2.24) is 5.32 Å². The molecular weight excluding hydrogens is 232 g/mol. The first-order chi connectivity index (χ1) is 9.17. The maximum absolute atomic E-state index is 5.92. The molecule has 2 heteroatoms. The summed E-state index contributed by atoms with van der Waals surface area (Å²) in [5.74, 6) is 0.683. The number of nitrogens with two attached hydrogens (primary N) is 1. The second-order valence-corrected chi connectivity index (χ2v) is 5.87. The molecule has 0 amide bonds. The van der Waals surface area contributed by atoms with Crippen LogP contribution in [-0.4, -0.2) is 13.1 Å². The second kappa shape index (κ2) is 4.95. The highest BCUT2D eigenvalue weighted by molar-refractivity contribution is 5.83. The largest absolute Gasteiger partial charge is 0.328 e. The topological polar surface area (TPSA) is 38.0 Å². The van der Waals surface area contributed by atoms with Gasteiger partial charge in [-0.05, 0) is 55.1 Å². The Bertz CT molecular complexity index is 585. The van der Waals surface area contributed by atoms with Crippen molar-refractivity contribution in [1.29, 1.82) is 0 Å². The number of fused-ring (bicyclic) bond motifs is 1. The van der Waals surface area contributed by atoms with Gasteiger partial charge >= 0.3 is 0 Å². The molecule has 0 radical (unpaired) electrons. The van der Waals surface area contributed by atoms with Gasteiger partial charge in [0.1, 0.15) is 0 Å². The number of aryl methyl sites for hydroxylation is 1. The first-order valence-electron chi connectivity index (χ1n) is 7.10. The lowest BCUT2D eigenvalue weighted by molar-refractivity contribution is 0.204. The van der Waals surface area contributed by atoms with E-state index in [9.17, 15) is 0 Å². The molecule has 1 atom stereocenters. The molecule has 1 aliphatic carbocycles. The van der Waals surface area contributed by atoms with Gasteiger partial charge in [0.15, 0.2) is 0 Å². The summed E-state index contributed by atoms with van der Waals surface area (Å²) in [5.41, 5.74) is 8.62. The predicted octanol–water partition coefficient (Wildman–Crippen LogP) is 3.15. The lowest BCUT2D eigenvalue weighted by Gasteiger charge is -2.38. The third kappa shape index (κ3) is 2.38. The molecule has 2 nitrogen and oxygen atoms in total. The molecule has 100 valence electrons. The fourth-order valence-corrected chi connectivity index (χ4v) is 3.23. The Morgan fingerprint density at radius 3 is 2.47 bits per heavy atom. The van der Waals surface area contributed by atoms with Gasteiger partial charge in [-0.2, -0.15) is 0 Å². The van der Waals surface area contributed by atoms with E-state index in [0.29, 0.717) is 18.0 Å². The van der Waals surface area contributed by atoms with Crippen LogP contribution < -0.4 is 11.1 Å². The van der Waals surface area contributed by atoms with E-state index in [1.165, 1.54) is 21.9 Å². The van der Waals surface area contributed by atoms with Gasteiger partial charge in [0.2, 0.25) is 0 Å². The lowest BCUT2D eigenvalue weighted by Crippen LogP contribution is -2.42. The molecule has 1 aliphatic rings. The van der Waals surface area contributed by atoms with Crippen LogP contribution in [0.5, 0.6) is 0 Å². The van der Waals surface area contributed by atoms with E-state index in [1.807, 2.05) is 7.05 Å². The molecule has 0 saturated heterocycles. The quantitative estimate of drug-likeness (QED) is 0.883. The average Bonchev–Trinajstić information content (AvgIpc) is 2.37. The maximum atomic E-state index is 5.92. The van der Waals surface area contributed by atoms with Crippen molar-refractivity contribution in [2.45, 2.75) is 31.8 Å². The summed E-state index contributed by atoms with van der Waals surface area (Å²) in [6.07, 6.45) is 2.27. The molecule has 2 aromatic rings. The summed E-state index contributed by atoms with van der Waals surface area (Å²) < 4.78 is 0. The van der Waals surface area contributed by atoms with E-state index < -0.39 is 0 Å². The van der Waals surface area contributed by atoms with E-state index in [2.05, 4.69) is 48.6 Å². The van der Waals surface area contributed by atoms with Gasteiger partial charge in [0.05, 0.1) is 0 Å². The Hall–Kier alpha value is -1.38. The Kier molecular flexibility index (Phi) is 3.29. The third-order valence-electron chi connectivity index (χ3n) is 4.37. The lowest BCUT2D eigenvalue weighted by atomic mass is 9.74. The zero-order chi connectivity index (χ0) is 13.4. The van der Waals surface area contributed by atoms with Crippen molar-refractivity contribution in [3.8, 4) is 0 Å². The number of hydrogen-bond acceptors (Lipinski definition) is 2. The number of rotatable bonds is 3. The van der Waals surface area contributed by atoms with E-state index >= 15 is 0 Å². The molecule has 0 aromatic heterocycles. The molecule has 1 unspecified atom stereocenters. The van der Waals surface area contributed by atoms with Gasteiger partial charge in [-0.3, -0.25) is 0 Å². The first kappa shape index (κ1) is 12.6. The smallest absolute Gasteiger partial charge is 0.0347 e. The number of nitrogens with one attached hydrogen (secondary N) is 1. The van der Waals surface area contributed by atoms with Gasteiger partial charge in [-0.1, -0.05) is 35.9 Å². The van der Waals surface area contributed by atoms with E-state index in [1.54, 1.807) is 0 Å². The molecule has 0 aliphatic heterocycles. The van der Waals surface area contributed by atoms with Crippen LogP contribution in [0.4, 0.5) is 0 Å². The Morgan fingerprint density at radius 1 is 1.11 bits per heavy atom. The minimum atomic E-state index is 0.406. The summed E-state index contributed by atoms with van der Waals surface area (Å²) in [7, 11) is 2.05. The van der Waals surface area contributed by atoms with Crippen LogP contribution in [0, 0.1) is 12.8 Å². The molecule has 1 fully saturated rings. The van der Waals surface area contributed by atoms with Crippen molar-refractivity contribution in [3.05, 3.63) is 47.5 Å². The van der Waals surface area contributed by atoms with E-state index in [-0.39, 0.29) is 0 Å². The average molecular weight is 254 g/mol. The van der Waals surface area contributed by atoms with Crippen LogP contribution in [-0.2, 0) is 0 Å². The molecule has 0 heterocycles. The van der Waals surface area contributed by atoms with E-state index in [4.69, 9.17) is 5.73 Å². The molecule has 3 rings (SSSR count). The molecule has 3 N–H and O–H groups in total. The normalized spacial score (nSPS) is 24.2. The highest BCUT2D eigenvalue weighted by Crippen LogP contribution is 2.37. The van der Waals surface area contributed by atoms with Crippen molar-refractivity contribution in [3.63, 3.8) is 0 Å². The Morgan fingerprint density at radius 2 is 1.79 bits per heavy atom. The van der Waals surface area contributed by atoms with Crippen LogP contribution in [0.25, 0.3) is 10.8 Å². The summed E-state index contributed by atoms with van der Waals surface area (Å²) in [6.45, 7) is 2.14. The van der Waals surface area contributed by atoms with Gasteiger partial charge in [0, 0.05) is 12.1 Å². The zero-order valence-electron chi connectivity index (χ0n) is 11.7. The second-order valence-electron chi connectivity index (χ2n) is 5.87. The van der Waals surface area contributed by atoms with Gasteiger partial charge in [-0.15, -0.1) is 0 Å². The number of benzene rings is 2. The van der Waals surface area contributed by atoms with Gasteiger partial charge < -0.3 is 11.1 Å². The third-order valence-corrected chi connectivity index (χ3v) is 4.37. The van der Waals surface area contributed by atoms with Crippen LogP contribution >= 0.6 is 0 Å². The minimum Gasteiger partial charge on any atom is -0.328 e.